The van der Waals surface area contributed by atoms with Gasteiger partial charge in [0, 0.05) is 30.9 Å². The highest BCUT2D eigenvalue weighted by molar-refractivity contribution is 6.08. The first-order chi connectivity index (χ1) is 14.7. The second-order valence-electron chi connectivity index (χ2n) is 8.35. The number of alkyl halides is 3. The maximum absolute atomic E-state index is 13.4. The minimum Gasteiger partial charge on any atom is -0.475 e. The zero-order valence-electron chi connectivity index (χ0n) is 16.8. The van der Waals surface area contributed by atoms with E-state index >= 15 is 0 Å². The molecule has 2 fully saturated rings. The molecule has 3 heterocycles. The Labute approximate surface area is 177 Å². The van der Waals surface area contributed by atoms with E-state index < -0.39 is 12.1 Å². The molecule has 31 heavy (non-hydrogen) atoms. The number of nitrogens with zero attached hydrogens (tertiary/aromatic N) is 2. The van der Waals surface area contributed by atoms with Gasteiger partial charge < -0.3 is 14.4 Å². The van der Waals surface area contributed by atoms with Crippen LogP contribution in [0.4, 0.5) is 18.9 Å². The third kappa shape index (κ3) is 4.32. The number of halogens is 3. The molecule has 1 aliphatic carbocycles. The molecule has 166 valence electrons. The number of likely N-dealkylation sites (tertiary alicyclic amines) is 1. The van der Waals surface area contributed by atoms with Crippen molar-refractivity contribution in [2.24, 2.45) is 5.92 Å². The number of carbonyl (C=O) groups is 2. The van der Waals surface area contributed by atoms with Crippen LogP contribution < -0.4 is 4.90 Å². The fraction of sp³-hybridized carbons (Fsp3) is 0.455. The first kappa shape index (κ1) is 21.4. The van der Waals surface area contributed by atoms with Crippen LogP contribution in [-0.4, -0.2) is 47.7 Å². The van der Waals surface area contributed by atoms with Gasteiger partial charge in [-0.15, -0.1) is 0 Å². The topological polar surface area (TPSA) is 74.0 Å². The SMILES string of the molecule is O=C(O)C(F)(F)F.O=C1N(CC2CC2)c2ccccc2C12CCN(Cc1ccoc1)C2. The second-order valence-corrected chi connectivity index (χ2v) is 8.35. The summed E-state index contributed by atoms with van der Waals surface area (Å²) in [6, 6.07) is 10.4. The molecule has 1 spiro atoms. The molecule has 1 aromatic heterocycles. The first-order valence-corrected chi connectivity index (χ1v) is 10.2. The quantitative estimate of drug-likeness (QED) is 0.789. The molecule has 1 atom stereocenters. The molecule has 2 aromatic rings. The molecule has 3 aliphatic rings. The van der Waals surface area contributed by atoms with Gasteiger partial charge in [-0.05, 0) is 49.4 Å². The van der Waals surface area contributed by atoms with Gasteiger partial charge in [0.1, 0.15) is 0 Å². The van der Waals surface area contributed by atoms with Gasteiger partial charge in [0.05, 0.1) is 17.9 Å². The van der Waals surface area contributed by atoms with E-state index in [1.807, 2.05) is 6.07 Å². The van der Waals surface area contributed by atoms with Gasteiger partial charge in [-0.3, -0.25) is 9.69 Å². The lowest BCUT2D eigenvalue weighted by Gasteiger charge is -2.24. The van der Waals surface area contributed by atoms with Crippen molar-refractivity contribution in [2.75, 3.05) is 24.5 Å². The number of carboxylic acid groups (broad SMARTS) is 1. The number of amides is 1. The molecule has 2 aliphatic heterocycles. The van der Waals surface area contributed by atoms with Crippen LogP contribution in [0.15, 0.2) is 47.3 Å². The van der Waals surface area contributed by atoms with E-state index in [-0.39, 0.29) is 5.41 Å². The van der Waals surface area contributed by atoms with Crippen molar-refractivity contribution in [1.82, 2.24) is 4.90 Å². The lowest BCUT2D eigenvalue weighted by atomic mass is 9.81. The van der Waals surface area contributed by atoms with Crippen molar-refractivity contribution >= 4 is 17.6 Å². The van der Waals surface area contributed by atoms with E-state index in [4.69, 9.17) is 14.3 Å². The Kier molecular flexibility index (Phi) is 5.55. The van der Waals surface area contributed by atoms with Crippen LogP contribution in [-0.2, 0) is 21.5 Å². The van der Waals surface area contributed by atoms with Crippen LogP contribution in [0, 0.1) is 5.92 Å². The average molecular weight is 436 g/mol. The Morgan fingerprint density at radius 3 is 2.55 bits per heavy atom. The number of carbonyl (C=O) groups excluding carboxylic acids is 1. The van der Waals surface area contributed by atoms with Crippen molar-refractivity contribution in [3.05, 3.63) is 54.0 Å². The van der Waals surface area contributed by atoms with Gasteiger partial charge in [-0.25, -0.2) is 4.79 Å². The lowest BCUT2D eigenvalue weighted by molar-refractivity contribution is -0.192. The van der Waals surface area contributed by atoms with Crippen molar-refractivity contribution in [3.63, 3.8) is 0 Å². The maximum atomic E-state index is 13.4. The van der Waals surface area contributed by atoms with Crippen LogP contribution in [0.1, 0.15) is 30.4 Å². The minimum absolute atomic E-state index is 0.324. The number of carboxylic acids is 1. The number of hydrogen-bond donors (Lipinski definition) is 1. The summed E-state index contributed by atoms with van der Waals surface area (Å²) in [7, 11) is 0. The second kappa shape index (κ2) is 8.03. The highest BCUT2D eigenvalue weighted by Gasteiger charge is 2.54. The normalized spacial score (nSPS) is 23.1. The maximum Gasteiger partial charge on any atom is 0.490 e. The molecule has 1 saturated carbocycles. The van der Waals surface area contributed by atoms with Gasteiger partial charge in [-0.1, -0.05) is 18.2 Å². The van der Waals surface area contributed by atoms with Gasteiger partial charge >= 0.3 is 12.1 Å². The van der Waals surface area contributed by atoms with Crippen LogP contribution in [0.5, 0.6) is 0 Å². The van der Waals surface area contributed by atoms with E-state index in [0.29, 0.717) is 11.8 Å². The van der Waals surface area contributed by atoms with Crippen LogP contribution >= 0.6 is 0 Å². The highest BCUT2D eigenvalue weighted by atomic mass is 19.4. The van der Waals surface area contributed by atoms with Crippen LogP contribution in [0.3, 0.4) is 0 Å². The number of hydrogen-bond acceptors (Lipinski definition) is 4. The Morgan fingerprint density at radius 2 is 1.94 bits per heavy atom. The zero-order valence-corrected chi connectivity index (χ0v) is 16.8. The first-order valence-electron chi connectivity index (χ1n) is 10.2. The van der Waals surface area contributed by atoms with Crippen molar-refractivity contribution in [3.8, 4) is 0 Å². The van der Waals surface area contributed by atoms with E-state index in [0.717, 1.165) is 38.3 Å². The van der Waals surface area contributed by atoms with Gasteiger partial charge in [-0.2, -0.15) is 13.2 Å². The summed E-state index contributed by atoms with van der Waals surface area (Å²) in [5.41, 5.74) is 3.24. The molecule has 6 nitrogen and oxygen atoms in total. The Hall–Kier alpha value is -2.81. The predicted octanol–water partition coefficient (Wildman–Crippen LogP) is 3.81. The molecule has 1 N–H and O–H groups in total. The minimum atomic E-state index is -5.08. The number of rotatable bonds is 4. The molecule has 9 heteroatoms. The summed E-state index contributed by atoms with van der Waals surface area (Å²) in [5, 5.41) is 7.12. The van der Waals surface area contributed by atoms with E-state index in [2.05, 4.69) is 34.1 Å². The molecule has 0 radical (unpaired) electrons. The standard InChI is InChI=1S/C20H22N2O2.C2HF3O2/c23-19-20(8-9-21(14-20)11-16-7-10-24-13-16)17-3-1-2-4-18(17)22(19)12-15-5-6-15;3-2(4,5)1(6)7/h1-4,7,10,13,15H,5-6,8-9,11-12,14H2;(H,6,7). The van der Waals surface area contributed by atoms with Crippen LogP contribution in [0.25, 0.3) is 0 Å². The van der Waals surface area contributed by atoms with Crippen LogP contribution in [0.2, 0.25) is 0 Å². The largest absolute Gasteiger partial charge is 0.490 e. The molecule has 0 bridgehead atoms. The van der Waals surface area contributed by atoms with Gasteiger partial charge in [0.2, 0.25) is 5.91 Å². The number of benzene rings is 1. The molecule has 5 rings (SSSR count). The fourth-order valence-corrected chi connectivity index (χ4v) is 4.40. The van der Waals surface area contributed by atoms with E-state index in [1.165, 1.54) is 24.0 Å². The summed E-state index contributed by atoms with van der Waals surface area (Å²) in [6.45, 7) is 3.54. The van der Waals surface area contributed by atoms with Gasteiger partial charge in [0.15, 0.2) is 0 Å². The van der Waals surface area contributed by atoms with Crippen molar-refractivity contribution in [2.45, 2.75) is 37.4 Å². The summed E-state index contributed by atoms with van der Waals surface area (Å²) in [6.07, 6.45) is 1.89. The molecular weight excluding hydrogens is 413 g/mol. The summed E-state index contributed by atoms with van der Waals surface area (Å²) >= 11 is 0. The fourth-order valence-electron chi connectivity index (χ4n) is 4.40. The number of furan rings is 1. The van der Waals surface area contributed by atoms with E-state index in [1.54, 1.807) is 12.5 Å². The van der Waals surface area contributed by atoms with Gasteiger partial charge in [0.25, 0.3) is 0 Å². The molecule has 1 aromatic carbocycles. The highest BCUT2D eigenvalue weighted by Crippen LogP contribution is 2.48. The third-order valence-corrected chi connectivity index (χ3v) is 6.08. The number of aliphatic carboxylic acids is 1. The Morgan fingerprint density at radius 1 is 1.23 bits per heavy atom. The monoisotopic (exact) mass is 436 g/mol. The molecule has 1 amide bonds. The van der Waals surface area contributed by atoms with E-state index in [9.17, 15) is 18.0 Å². The molecule has 1 saturated heterocycles. The Bertz CT molecular complexity index is 956. The predicted molar refractivity (Wildman–Crippen MR) is 105 cm³/mol. The Balaban J connectivity index is 0.000000289. The van der Waals surface area contributed by atoms with Crippen molar-refractivity contribution < 1.29 is 32.3 Å². The summed E-state index contributed by atoms with van der Waals surface area (Å²) in [4.78, 5) is 26.7. The summed E-state index contributed by atoms with van der Waals surface area (Å²) in [5.74, 6) is -1.72. The smallest absolute Gasteiger partial charge is 0.475 e. The molecule has 1 unspecified atom stereocenters. The lowest BCUT2D eigenvalue weighted by Crippen LogP contribution is -2.43. The third-order valence-electron chi connectivity index (χ3n) is 6.08. The summed E-state index contributed by atoms with van der Waals surface area (Å²) < 4.78 is 36.9. The zero-order chi connectivity index (χ0) is 22.2. The molecular formula is C22H23F3N2O4. The van der Waals surface area contributed by atoms with Crippen molar-refractivity contribution in [1.29, 1.82) is 0 Å². The average Bonchev–Trinajstić information content (AvgIpc) is 3.13. The number of anilines is 1. The number of fused-ring (bicyclic) bond motifs is 2. The number of para-hydroxylation sites is 1.